The summed E-state index contributed by atoms with van der Waals surface area (Å²) < 4.78 is 1.69. The lowest BCUT2D eigenvalue weighted by Gasteiger charge is -2.02. The molecule has 0 amide bonds. The van der Waals surface area contributed by atoms with Crippen LogP contribution in [0.4, 0.5) is 5.69 Å². The first-order chi connectivity index (χ1) is 15.3. The van der Waals surface area contributed by atoms with E-state index in [0.29, 0.717) is 15.4 Å². The maximum atomic E-state index is 13.2. The third kappa shape index (κ3) is 4.01. The molecular formula is C25H18N4OS. The number of hydrogen-bond acceptors (Lipinski definition) is 5. The van der Waals surface area contributed by atoms with Gasteiger partial charge in [-0.2, -0.15) is 5.10 Å². The highest BCUT2D eigenvalue weighted by Crippen LogP contribution is 2.19. The van der Waals surface area contributed by atoms with Crippen LogP contribution in [-0.2, 0) is 0 Å². The summed E-state index contributed by atoms with van der Waals surface area (Å²) in [7, 11) is 0. The van der Waals surface area contributed by atoms with Gasteiger partial charge < -0.3 is 0 Å². The summed E-state index contributed by atoms with van der Waals surface area (Å²) in [5.74, 6) is -0.124. The number of ketones is 1. The fraction of sp³-hybridized carbons (Fsp3) is 0. The lowest BCUT2D eigenvalue weighted by atomic mass is 10.0. The van der Waals surface area contributed by atoms with Crippen molar-refractivity contribution in [2.24, 2.45) is 5.10 Å². The summed E-state index contributed by atoms with van der Waals surface area (Å²) in [4.78, 5) is 13.8. The molecule has 0 radical (unpaired) electrons. The first-order valence-electron chi connectivity index (χ1n) is 9.82. The molecule has 0 aliphatic heterocycles. The summed E-state index contributed by atoms with van der Waals surface area (Å²) >= 11 is 1.26. The summed E-state index contributed by atoms with van der Waals surface area (Å²) in [5.41, 5.74) is 5.35. The highest BCUT2D eigenvalue weighted by atomic mass is 32.1. The molecule has 0 fully saturated rings. The predicted octanol–water partition coefficient (Wildman–Crippen LogP) is 5.25. The van der Waals surface area contributed by atoms with E-state index in [0.717, 1.165) is 22.1 Å². The van der Waals surface area contributed by atoms with Crippen LogP contribution in [0.2, 0.25) is 0 Å². The molecule has 5 nitrogen and oxygen atoms in total. The molecule has 0 saturated carbocycles. The van der Waals surface area contributed by atoms with Crippen LogP contribution in [0.25, 0.3) is 16.5 Å². The molecule has 0 saturated heterocycles. The lowest BCUT2D eigenvalue weighted by Crippen LogP contribution is -2.16. The highest BCUT2D eigenvalue weighted by Gasteiger charge is 2.17. The van der Waals surface area contributed by atoms with Crippen LogP contribution in [0.15, 0.2) is 108 Å². The van der Waals surface area contributed by atoms with Crippen molar-refractivity contribution in [3.05, 3.63) is 119 Å². The number of hydrogen-bond donors (Lipinski definition) is 1. The second-order valence-corrected chi connectivity index (χ2v) is 7.87. The predicted molar refractivity (Wildman–Crippen MR) is 124 cm³/mol. The molecular weight excluding hydrogens is 404 g/mol. The van der Waals surface area contributed by atoms with E-state index >= 15 is 0 Å². The molecule has 1 heterocycles. The number of nitrogens with one attached hydrogen (secondary N) is 1. The van der Waals surface area contributed by atoms with Gasteiger partial charge in [0.05, 0.1) is 11.4 Å². The molecule has 0 aliphatic rings. The van der Waals surface area contributed by atoms with E-state index in [9.17, 15) is 4.79 Å². The van der Waals surface area contributed by atoms with Gasteiger partial charge in [0.15, 0.2) is 5.01 Å². The zero-order valence-electron chi connectivity index (χ0n) is 16.5. The number of fused-ring (bicyclic) bond motifs is 1. The van der Waals surface area contributed by atoms with E-state index in [1.165, 1.54) is 11.3 Å². The van der Waals surface area contributed by atoms with Gasteiger partial charge in [-0.05, 0) is 41.1 Å². The SMILES string of the molecule is O=C(c1ccc2ccccc2c1)c1nn(-c2ccccc2)/c(=N\Nc2ccccc2)s1. The van der Waals surface area contributed by atoms with Crippen LogP contribution in [0.3, 0.4) is 0 Å². The Bertz CT molecular complexity index is 1420. The Kier molecular flexibility index (Phi) is 5.12. The number of carbonyl (C=O) groups excluding carboxylic acids is 1. The molecule has 5 aromatic rings. The minimum absolute atomic E-state index is 0.124. The molecule has 0 unspecified atom stereocenters. The van der Waals surface area contributed by atoms with Gasteiger partial charge in [0, 0.05) is 5.56 Å². The van der Waals surface area contributed by atoms with Crippen molar-refractivity contribution >= 4 is 33.6 Å². The van der Waals surface area contributed by atoms with Gasteiger partial charge in [-0.15, -0.1) is 5.10 Å². The highest BCUT2D eigenvalue weighted by molar-refractivity contribution is 7.11. The minimum atomic E-state index is -0.124. The first kappa shape index (κ1) is 19.0. The second-order valence-electron chi connectivity index (χ2n) is 6.92. The first-order valence-corrected chi connectivity index (χ1v) is 10.6. The Hall–Kier alpha value is -4.03. The third-order valence-electron chi connectivity index (χ3n) is 4.82. The van der Waals surface area contributed by atoms with Crippen molar-refractivity contribution in [3.63, 3.8) is 0 Å². The fourth-order valence-corrected chi connectivity index (χ4v) is 4.09. The number of rotatable bonds is 5. The Labute approximate surface area is 182 Å². The van der Waals surface area contributed by atoms with Crippen LogP contribution >= 0.6 is 11.3 Å². The maximum Gasteiger partial charge on any atom is 0.231 e. The maximum absolute atomic E-state index is 13.2. The number of carbonyl (C=O) groups is 1. The van der Waals surface area contributed by atoms with Crippen molar-refractivity contribution in [3.8, 4) is 5.69 Å². The number of aromatic nitrogens is 2. The van der Waals surface area contributed by atoms with E-state index in [4.69, 9.17) is 0 Å². The van der Waals surface area contributed by atoms with E-state index in [1.807, 2.05) is 103 Å². The quantitative estimate of drug-likeness (QED) is 0.311. The average molecular weight is 423 g/mol. The van der Waals surface area contributed by atoms with Crippen molar-refractivity contribution in [1.29, 1.82) is 0 Å². The monoisotopic (exact) mass is 422 g/mol. The summed E-state index contributed by atoms with van der Waals surface area (Å²) in [5, 5.41) is 11.6. The Morgan fingerprint density at radius 3 is 2.26 bits per heavy atom. The molecule has 1 aromatic heterocycles. The molecule has 31 heavy (non-hydrogen) atoms. The topological polar surface area (TPSA) is 59.3 Å². The molecule has 1 N–H and O–H groups in total. The van der Waals surface area contributed by atoms with Crippen LogP contribution in [0.1, 0.15) is 15.4 Å². The van der Waals surface area contributed by atoms with Gasteiger partial charge in [-0.1, -0.05) is 84.1 Å². The molecule has 0 aliphatic carbocycles. The second kappa shape index (κ2) is 8.38. The Morgan fingerprint density at radius 2 is 1.48 bits per heavy atom. The number of benzene rings is 4. The van der Waals surface area contributed by atoms with Gasteiger partial charge in [-0.25, -0.2) is 4.68 Å². The smallest absolute Gasteiger partial charge is 0.231 e. The van der Waals surface area contributed by atoms with E-state index in [2.05, 4.69) is 15.6 Å². The molecule has 5 rings (SSSR count). The normalized spacial score (nSPS) is 11.5. The van der Waals surface area contributed by atoms with Crippen molar-refractivity contribution in [1.82, 2.24) is 9.78 Å². The standard InChI is InChI=1S/C25H18N4OS/c30-23(20-16-15-18-9-7-8-10-19(18)17-20)24-28-29(22-13-5-2-6-14-22)25(31-24)27-26-21-11-3-1-4-12-21/h1-17,26H/b27-25+. The van der Waals surface area contributed by atoms with Crippen molar-refractivity contribution in [2.75, 3.05) is 5.43 Å². The van der Waals surface area contributed by atoms with E-state index < -0.39 is 0 Å². The van der Waals surface area contributed by atoms with Crippen LogP contribution in [0.5, 0.6) is 0 Å². The Balaban J connectivity index is 1.57. The number of nitrogens with zero attached hydrogens (tertiary/aromatic N) is 3. The van der Waals surface area contributed by atoms with Gasteiger partial charge in [0.1, 0.15) is 0 Å². The van der Waals surface area contributed by atoms with Gasteiger partial charge in [0.2, 0.25) is 10.6 Å². The largest absolute Gasteiger partial charge is 0.286 e. The molecule has 0 atom stereocenters. The van der Waals surface area contributed by atoms with Gasteiger partial charge in [0.25, 0.3) is 0 Å². The zero-order valence-corrected chi connectivity index (χ0v) is 17.3. The number of anilines is 1. The van der Waals surface area contributed by atoms with Crippen molar-refractivity contribution < 1.29 is 4.79 Å². The summed E-state index contributed by atoms with van der Waals surface area (Å²) in [6.45, 7) is 0. The minimum Gasteiger partial charge on any atom is -0.286 e. The Morgan fingerprint density at radius 1 is 0.806 bits per heavy atom. The fourth-order valence-electron chi connectivity index (χ4n) is 3.26. The third-order valence-corrected chi connectivity index (χ3v) is 5.73. The van der Waals surface area contributed by atoms with Crippen molar-refractivity contribution in [2.45, 2.75) is 0 Å². The molecule has 0 bridgehead atoms. The molecule has 150 valence electrons. The molecule has 4 aromatic carbocycles. The van der Waals surface area contributed by atoms with E-state index in [1.54, 1.807) is 4.68 Å². The van der Waals surface area contributed by atoms with Crippen LogP contribution < -0.4 is 10.2 Å². The summed E-state index contributed by atoms with van der Waals surface area (Å²) in [6.07, 6.45) is 0. The number of para-hydroxylation sites is 2. The zero-order chi connectivity index (χ0) is 21.0. The molecule has 0 spiro atoms. The van der Waals surface area contributed by atoms with Crippen LogP contribution in [0, 0.1) is 0 Å². The van der Waals surface area contributed by atoms with Gasteiger partial charge in [-0.3, -0.25) is 10.2 Å². The van der Waals surface area contributed by atoms with Gasteiger partial charge >= 0.3 is 0 Å². The molecule has 6 heteroatoms. The lowest BCUT2D eigenvalue weighted by molar-refractivity contribution is 0.103. The van der Waals surface area contributed by atoms with Crippen LogP contribution in [-0.4, -0.2) is 15.6 Å². The average Bonchev–Trinajstić information content (AvgIpc) is 3.27. The van der Waals surface area contributed by atoms with E-state index in [-0.39, 0.29) is 5.78 Å². The summed E-state index contributed by atoms with van der Waals surface area (Å²) in [6, 6.07) is 33.1.